The Balaban J connectivity index is 1.48. The van der Waals surface area contributed by atoms with Gasteiger partial charge in [0, 0.05) is 6.07 Å². The Morgan fingerprint density at radius 2 is 1.68 bits per heavy atom. The summed E-state index contributed by atoms with van der Waals surface area (Å²) in [6, 6.07) is 21.4. The van der Waals surface area contributed by atoms with Crippen molar-refractivity contribution in [1.29, 1.82) is 0 Å². The standard InChI is InChI=1S/C28H32N2O4/c1-19(2)25-13-12-24(14-20(25)3)34-18-28-29-26-10-5-6-11-27(26)30(28)16-21(31)17-33-23-9-7-8-22(15-23)32-4/h5-15,19,21,31H,16-18H2,1-4H3. The Hall–Kier alpha value is -3.51. The molecule has 6 heteroatoms. The predicted molar refractivity (Wildman–Crippen MR) is 134 cm³/mol. The second-order valence-electron chi connectivity index (χ2n) is 8.73. The number of ether oxygens (including phenoxy) is 3. The van der Waals surface area contributed by atoms with E-state index in [-0.39, 0.29) is 6.61 Å². The van der Waals surface area contributed by atoms with Crippen LogP contribution in [0.2, 0.25) is 0 Å². The number of benzene rings is 3. The highest BCUT2D eigenvalue weighted by Gasteiger charge is 2.16. The van der Waals surface area contributed by atoms with Crippen LogP contribution in [0, 0.1) is 6.92 Å². The lowest BCUT2D eigenvalue weighted by Gasteiger charge is -2.17. The highest BCUT2D eigenvalue weighted by atomic mass is 16.5. The number of aliphatic hydroxyl groups is 1. The number of aromatic nitrogens is 2. The Morgan fingerprint density at radius 1 is 0.912 bits per heavy atom. The number of hydrogen-bond acceptors (Lipinski definition) is 5. The molecular formula is C28H32N2O4. The van der Waals surface area contributed by atoms with Gasteiger partial charge in [-0.25, -0.2) is 4.98 Å². The van der Waals surface area contributed by atoms with Crippen LogP contribution >= 0.6 is 0 Å². The largest absolute Gasteiger partial charge is 0.497 e. The molecule has 6 nitrogen and oxygen atoms in total. The molecule has 0 radical (unpaired) electrons. The molecule has 0 fully saturated rings. The van der Waals surface area contributed by atoms with Crippen molar-refractivity contribution in [3.05, 3.63) is 83.7 Å². The van der Waals surface area contributed by atoms with E-state index in [1.807, 2.05) is 53.1 Å². The third kappa shape index (κ3) is 5.51. The molecule has 0 spiro atoms. The lowest BCUT2D eigenvalue weighted by atomic mass is 9.98. The second kappa shape index (κ2) is 10.6. The van der Waals surface area contributed by atoms with Gasteiger partial charge in [0.25, 0.3) is 0 Å². The fraction of sp³-hybridized carbons (Fsp3) is 0.321. The third-order valence-electron chi connectivity index (χ3n) is 5.84. The number of aryl methyl sites for hydroxylation is 1. The molecule has 0 amide bonds. The average Bonchev–Trinajstić information content (AvgIpc) is 3.18. The molecule has 3 aromatic carbocycles. The minimum Gasteiger partial charge on any atom is -0.497 e. The van der Waals surface area contributed by atoms with E-state index in [4.69, 9.17) is 19.2 Å². The first-order chi connectivity index (χ1) is 16.4. The van der Waals surface area contributed by atoms with Crippen LogP contribution < -0.4 is 14.2 Å². The van der Waals surface area contributed by atoms with Crippen molar-refractivity contribution in [2.24, 2.45) is 0 Å². The summed E-state index contributed by atoms with van der Waals surface area (Å²) in [7, 11) is 1.61. The Bertz CT molecular complexity index is 1250. The third-order valence-corrected chi connectivity index (χ3v) is 5.84. The van der Waals surface area contributed by atoms with Gasteiger partial charge in [-0.3, -0.25) is 0 Å². The van der Waals surface area contributed by atoms with E-state index < -0.39 is 6.10 Å². The van der Waals surface area contributed by atoms with Crippen LogP contribution in [0.15, 0.2) is 66.7 Å². The van der Waals surface area contributed by atoms with E-state index >= 15 is 0 Å². The quantitative estimate of drug-likeness (QED) is 0.339. The van der Waals surface area contributed by atoms with E-state index in [2.05, 4.69) is 32.9 Å². The molecule has 178 valence electrons. The summed E-state index contributed by atoms with van der Waals surface area (Å²) in [5.41, 5.74) is 4.35. The Kier molecular flexibility index (Phi) is 7.38. The molecule has 0 bridgehead atoms. The van der Waals surface area contributed by atoms with Crippen molar-refractivity contribution in [3.63, 3.8) is 0 Å². The smallest absolute Gasteiger partial charge is 0.148 e. The minimum atomic E-state index is -0.727. The number of methoxy groups -OCH3 is 1. The zero-order valence-corrected chi connectivity index (χ0v) is 20.2. The van der Waals surface area contributed by atoms with Crippen LogP contribution in [-0.2, 0) is 13.2 Å². The molecule has 1 atom stereocenters. The van der Waals surface area contributed by atoms with Gasteiger partial charge in [-0.15, -0.1) is 0 Å². The maximum atomic E-state index is 10.8. The highest BCUT2D eigenvalue weighted by molar-refractivity contribution is 5.75. The molecule has 1 aromatic heterocycles. The summed E-state index contributed by atoms with van der Waals surface area (Å²) in [6.07, 6.45) is -0.727. The summed E-state index contributed by atoms with van der Waals surface area (Å²) in [5.74, 6) is 3.40. The molecular weight excluding hydrogens is 428 g/mol. The molecule has 1 unspecified atom stereocenters. The fourth-order valence-electron chi connectivity index (χ4n) is 4.12. The predicted octanol–water partition coefficient (Wildman–Crippen LogP) is 5.50. The lowest BCUT2D eigenvalue weighted by Crippen LogP contribution is -2.25. The van der Waals surface area contributed by atoms with Gasteiger partial charge in [-0.1, -0.05) is 38.1 Å². The van der Waals surface area contributed by atoms with Crippen LogP contribution in [0.4, 0.5) is 0 Å². The maximum Gasteiger partial charge on any atom is 0.148 e. The summed E-state index contributed by atoms with van der Waals surface area (Å²) < 4.78 is 19.1. The number of nitrogens with zero attached hydrogens (tertiary/aromatic N) is 2. The van der Waals surface area contributed by atoms with Crippen LogP contribution in [-0.4, -0.2) is 34.5 Å². The monoisotopic (exact) mass is 460 g/mol. The van der Waals surface area contributed by atoms with E-state index in [9.17, 15) is 5.11 Å². The molecule has 4 aromatic rings. The molecule has 0 aliphatic heterocycles. The number of fused-ring (bicyclic) bond motifs is 1. The van der Waals surface area contributed by atoms with E-state index in [0.717, 1.165) is 22.6 Å². The van der Waals surface area contributed by atoms with Gasteiger partial charge in [0.15, 0.2) is 0 Å². The normalized spacial score (nSPS) is 12.2. The molecule has 0 saturated carbocycles. The van der Waals surface area contributed by atoms with Crippen LogP contribution in [0.25, 0.3) is 11.0 Å². The number of aliphatic hydroxyl groups excluding tert-OH is 1. The van der Waals surface area contributed by atoms with E-state index in [1.54, 1.807) is 13.2 Å². The van der Waals surface area contributed by atoms with Crippen molar-refractivity contribution in [1.82, 2.24) is 9.55 Å². The molecule has 34 heavy (non-hydrogen) atoms. The average molecular weight is 461 g/mol. The van der Waals surface area contributed by atoms with Crippen molar-refractivity contribution < 1.29 is 19.3 Å². The zero-order valence-electron chi connectivity index (χ0n) is 20.2. The molecule has 1 heterocycles. The number of hydrogen-bond donors (Lipinski definition) is 1. The number of imidazole rings is 1. The molecule has 1 N–H and O–H groups in total. The van der Waals surface area contributed by atoms with Gasteiger partial charge in [-0.2, -0.15) is 0 Å². The minimum absolute atomic E-state index is 0.149. The molecule has 0 aliphatic rings. The second-order valence-corrected chi connectivity index (χ2v) is 8.73. The number of para-hydroxylation sites is 2. The first-order valence-electron chi connectivity index (χ1n) is 11.6. The van der Waals surface area contributed by atoms with Gasteiger partial charge in [0.05, 0.1) is 24.7 Å². The zero-order chi connectivity index (χ0) is 24.1. The molecule has 4 rings (SSSR count). The van der Waals surface area contributed by atoms with Gasteiger partial charge < -0.3 is 23.9 Å². The van der Waals surface area contributed by atoms with E-state index in [1.165, 1.54) is 11.1 Å². The fourth-order valence-corrected chi connectivity index (χ4v) is 4.12. The molecule has 0 saturated heterocycles. The van der Waals surface area contributed by atoms with Crippen molar-refractivity contribution in [2.45, 2.75) is 45.9 Å². The molecule has 0 aliphatic carbocycles. The first-order valence-corrected chi connectivity index (χ1v) is 11.6. The van der Waals surface area contributed by atoms with Crippen molar-refractivity contribution in [2.75, 3.05) is 13.7 Å². The Labute approximate surface area is 200 Å². The summed E-state index contributed by atoms with van der Waals surface area (Å²) in [6.45, 7) is 7.28. The first kappa shape index (κ1) is 23.6. The van der Waals surface area contributed by atoms with Gasteiger partial charge >= 0.3 is 0 Å². The van der Waals surface area contributed by atoms with Crippen LogP contribution in [0.1, 0.15) is 36.7 Å². The SMILES string of the molecule is COc1cccc(OCC(O)Cn2c(COc3ccc(C(C)C)c(C)c3)nc3ccccc32)c1. The highest BCUT2D eigenvalue weighted by Crippen LogP contribution is 2.25. The van der Waals surface area contributed by atoms with Crippen molar-refractivity contribution in [3.8, 4) is 17.2 Å². The van der Waals surface area contributed by atoms with Crippen molar-refractivity contribution >= 4 is 11.0 Å². The Morgan fingerprint density at radius 3 is 2.44 bits per heavy atom. The van der Waals surface area contributed by atoms with Gasteiger partial charge in [0.2, 0.25) is 0 Å². The summed E-state index contributed by atoms with van der Waals surface area (Å²) in [5, 5.41) is 10.8. The summed E-state index contributed by atoms with van der Waals surface area (Å²) >= 11 is 0. The van der Waals surface area contributed by atoms with Gasteiger partial charge in [-0.05, 0) is 60.4 Å². The van der Waals surface area contributed by atoms with E-state index in [0.29, 0.717) is 30.6 Å². The topological polar surface area (TPSA) is 65.7 Å². The van der Waals surface area contributed by atoms with Crippen LogP contribution in [0.5, 0.6) is 17.2 Å². The summed E-state index contributed by atoms with van der Waals surface area (Å²) in [4.78, 5) is 4.76. The number of rotatable bonds is 10. The van der Waals surface area contributed by atoms with Crippen LogP contribution in [0.3, 0.4) is 0 Å². The van der Waals surface area contributed by atoms with Gasteiger partial charge in [0.1, 0.15) is 42.4 Å². The lowest BCUT2D eigenvalue weighted by molar-refractivity contribution is 0.0916. The maximum absolute atomic E-state index is 10.8.